The van der Waals surface area contributed by atoms with Crippen molar-refractivity contribution in [1.82, 2.24) is 0 Å². The minimum Gasteiger partial charge on any atom is -0.366 e. The number of hydrogen-bond donors (Lipinski definition) is 2. The van der Waals surface area contributed by atoms with E-state index in [0.29, 0.717) is 11.3 Å². The highest BCUT2D eigenvalue weighted by Crippen LogP contribution is 2.10. The summed E-state index contributed by atoms with van der Waals surface area (Å²) in [5, 5.41) is 2.56. The number of rotatable bonds is 4. The first-order chi connectivity index (χ1) is 8.40. The highest BCUT2D eigenvalue weighted by molar-refractivity contribution is 6.05. The van der Waals surface area contributed by atoms with E-state index in [1.54, 1.807) is 24.3 Å². The first-order valence-electron chi connectivity index (χ1n) is 5.30. The number of nitrogens with two attached hydrogens (primary N) is 1. The van der Waals surface area contributed by atoms with Crippen LogP contribution < -0.4 is 11.1 Å². The van der Waals surface area contributed by atoms with E-state index in [2.05, 4.69) is 5.32 Å². The molecule has 5 nitrogen and oxygen atoms in total. The highest BCUT2D eigenvalue weighted by Gasteiger charge is 2.04. The molecule has 0 aliphatic carbocycles. The van der Waals surface area contributed by atoms with Gasteiger partial charge in [0.05, 0.1) is 0 Å². The van der Waals surface area contributed by atoms with Crippen LogP contribution in [0.5, 0.6) is 0 Å². The average molecular weight is 246 g/mol. The number of hydrogen-bond acceptors (Lipinski definition) is 3. The predicted octanol–water partition coefficient (Wildman–Crippen LogP) is 1.26. The molecule has 0 spiro atoms. The third-order valence-electron chi connectivity index (χ3n) is 2.30. The molecule has 18 heavy (non-hydrogen) atoms. The fourth-order valence-corrected chi connectivity index (χ4v) is 1.23. The molecule has 5 heteroatoms. The largest absolute Gasteiger partial charge is 0.366 e. The lowest BCUT2D eigenvalue weighted by atomic mass is 10.1. The number of anilines is 1. The Labute approximate surface area is 105 Å². The average Bonchev–Trinajstić information content (AvgIpc) is 2.29. The SMILES string of the molecule is CC(=O)c1ccc(NC(=O)/C=C(\C)C(N)=O)cc1. The van der Waals surface area contributed by atoms with Gasteiger partial charge in [0.15, 0.2) is 5.78 Å². The second kappa shape index (κ2) is 5.77. The summed E-state index contributed by atoms with van der Waals surface area (Å²) in [6, 6.07) is 6.45. The van der Waals surface area contributed by atoms with Crippen LogP contribution in [-0.4, -0.2) is 17.6 Å². The minimum atomic E-state index is -0.642. The number of carbonyl (C=O) groups excluding carboxylic acids is 3. The van der Waals surface area contributed by atoms with Gasteiger partial charge in [-0.2, -0.15) is 0 Å². The normalized spacial score (nSPS) is 10.9. The van der Waals surface area contributed by atoms with Crippen molar-refractivity contribution in [3.05, 3.63) is 41.5 Å². The number of primary amides is 1. The molecule has 0 atom stereocenters. The second-order valence-electron chi connectivity index (χ2n) is 3.81. The van der Waals surface area contributed by atoms with Gasteiger partial charge in [-0.1, -0.05) is 0 Å². The fraction of sp³-hybridized carbons (Fsp3) is 0.154. The molecule has 0 heterocycles. The number of carbonyl (C=O) groups is 3. The van der Waals surface area contributed by atoms with E-state index >= 15 is 0 Å². The number of benzene rings is 1. The lowest BCUT2D eigenvalue weighted by Gasteiger charge is -2.03. The quantitative estimate of drug-likeness (QED) is 0.619. The first kappa shape index (κ1) is 13.6. The molecule has 3 N–H and O–H groups in total. The fourth-order valence-electron chi connectivity index (χ4n) is 1.23. The van der Waals surface area contributed by atoms with Gasteiger partial charge in [0.2, 0.25) is 11.8 Å². The Morgan fingerprint density at radius 2 is 1.67 bits per heavy atom. The van der Waals surface area contributed by atoms with Crippen LogP contribution in [0.3, 0.4) is 0 Å². The van der Waals surface area contributed by atoms with E-state index < -0.39 is 11.8 Å². The van der Waals surface area contributed by atoms with Crippen LogP contribution in [0.2, 0.25) is 0 Å². The molecule has 0 fully saturated rings. The molecular weight excluding hydrogens is 232 g/mol. The van der Waals surface area contributed by atoms with Gasteiger partial charge in [-0.15, -0.1) is 0 Å². The van der Waals surface area contributed by atoms with Crippen molar-refractivity contribution in [3.8, 4) is 0 Å². The molecule has 2 amide bonds. The van der Waals surface area contributed by atoms with Crippen LogP contribution in [0.4, 0.5) is 5.69 Å². The van der Waals surface area contributed by atoms with Gasteiger partial charge in [-0.05, 0) is 38.1 Å². The van der Waals surface area contributed by atoms with Gasteiger partial charge in [-0.25, -0.2) is 0 Å². The zero-order chi connectivity index (χ0) is 13.7. The smallest absolute Gasteiger partial charge is 0.248 e. The van der Waals surface area contributed by atoms with E-state index in [-0.39, 0.29) is 11.4 Å². The summed E-state index contributed by atoms with van der Waals surface area (Å²) in [6.45, 7) is 2.92. The molecule has 1 aromatic rings. The number of amides is 2. The van der Waals surface area contributed by atoms with Gasteiger partial charge >= 0.3 is 0 Å². The molecular formula is C13H14N2O3. The predicted molar refractivity (Wildman–Crippen MR) is 68.0 cm³/mol. The molecule has 1 rings (SSSR count). The van der Waals surface area contributed by atoms with E-state index in [9.17, 15) is 14.4 Å². The Hall–Kier alpha value is -2.43. The third kappa shape index (κ3) is 3.86. The number of ketones is 1. The Balaban J connectivity index is 2.74. The maximum Gasteiger partial charge on any atom is 0.248 e. The third-order valence-corrected chi connectivity index (χ3v) is 2.30. The molecule has 0 aromatic heterocycles. The van der Waals surface area contributed by atoms with Crippen molar-refractivity contribution < 1.29 is 14.4 Å². The van der Waals surface area contributed by atoms with Crippen molar-refractivity contribution in [2.75, 3.05) is 5.32 Å². The maximum atomic E-state index is 11.5. The van der Waals surface area contributed by atoms with Crippen molar-refractivity contribution in [1.29, 1.82) is 0 Å². The van der Waals surface area contributed by atoms with Crippen LogP contribution in [-0.2, 0) is 9.59 Å². The molecule has 0 unspecified atom stereocenters. The number of Topliss-reactive ketones (excluding diaryl/α,β-unsaturated/α-hetero) is 1. The highest BCUT2D eigenvalue weighted by atomic mass is 16.2. The summed E-state index contributed by atoms with van der Waals surface area (Å²) in [5.41, 5.74) is 6.29. The van der Waals surface area contributed by atoms with Crippen molar-refractivity contribution in [3.63, 3.8) is 0 Å². The molecule has 0 bridgehead atoms. The lowest BCUT2D eigenvalue weighted by molar-refractivity contribution is -0.115. The monoisotopic (exact) mass is 246 g/mol. The minimum absolute atomic E-state index is 0.0441. The zero-order valence-corrected chi connectivity index (χ0v) is 10.2. The molecule has 0 radical (unpaired) electrons. The van der Waals surface area contributed by atoms with Gasteiger partial charge in [0.25, 0.3) is 0 Å². The van der Waals surface area contributed by atoms with Crippen LogP contribution in [0.1, 0.15) is 24.2 Å². The second-order valence-corrected chi connectivity index (χ2v) is 3.81. The van der Waals surface area contributed by atoms with Crippen LogP contribution in [0.25, 0.3) is 0 Å². The van der Waals surface area contributed by atoms with Gasteiger partial charge in [0, 0.05) is 22.9 Å². The summed E-state index contributed by atoms with van der Waals surface area (Å²) in [4.78, 5) is 33.3. The molecule has 0 aliphatic heterocycles. The summed E-state index contributed by atoms with van der Waals surface area (Å²) in [7, 11) is 0. The Kier molecular flexibility index (Phi) is 4.37. The molecule has 94 valence electrons. The van der Waals surface area contributed by atoms with Crippen LogP contribution >= 0.6 is 0 Å². The van der Waals surface area contributed by atoms with Gasteiger partial charge in [-0.3, -0.25) is 14.4 Å². The van der Waals surface area contributed by atoms with Crippen molar-refractivity contribution in [2.24, 2.45) is 5.73 Å². The molecule has 0 saturated carbocycles. The molecule has 0 saturated heterocycles. The molecule has 0 aliphatic rings. The van der Waals surface area contributed by atoms with Crippen LogP contribution in [0.15, 0.2) is 35.9 Å². The first-order valence-corrected chi connectivity index (χ1v) is 5.30. The zero-order valence-electron chi connectivity index (χ0n) is 10.2. The standard InChI is InChI=1S/C13H14N2O3/c1-8(13(14)18)7-12(17)15-11-5-3-10(4-6-11)9(2)16/h3-7H,1-2H3,(H2,14,18)(H,15,17)/b8-7+. The maximum absolute atomic E-state index is 11.5. The van der Waals surface area contributed by atoms with Crippen LogP contribution in [0, 0.1) is 0 Å². The van der Waals surface area contributed by atoms with Gasteiger partial charge < -0.3 is 11.1 Å². The topological polar surface area (TPSA) is 89.3 Å². The van der Waals surface area contributed by atoms with Crippen molar-refractivity contribution in [2.45, 2.75) is 13.8 Å². The Bertz CT molecular complexity index is 516. The van der Waals surface area contributed by atoms with Gasteiger partial charge in [0.1, 0.15) is 0 Å². The van der Waals surface area contributed by atoms with E-state index in [1.807, 2.05) is 0 Å². The summed E-state index contributed by atoms with van der Waals surface area (Å²) >= 11 is 0. The Morgan fingerprint density at radius 3 is 2.11 bits per heavy atom. The molecule has 1 aromatic carbocycles. The van der Waals surface area contributed by atoms with Crippen molar-refractivity contribution >= 4 is 23.3 Å². The summed E-state index contributed by atoms with van der Waals surface area (Å²) in [6.07, 6.45) is 1.13. The van der Waals surface area contributed by atoms with E-state index in [1.165, 1.54) is 13.8 Å². The van der Waals surface area contributed by atoms with E-state index in [0.717, 1.165) is 6.08 Å². The summed E-state index contributed by atoms with van der Waals surface area (Å²) < 4.78 is 0. The van der Waals surface area contributed by atoms with E-state index in [4.69, 9.17) is 5.73 Å². The lowest BCUT2D eigenvalue weighted by Crippen LogP contribution is -2.15. The Morgan fingerprint density at radius 1 is 1.11 bits per heavy atom. The number of nitrogens with one attached hydrogen (secondary N) is 1. The summed E-state index contributed by atoms with van der Waals surface area (Å²) in [5.74, 6) is -1.13.